The van der Waals surface area contributed by atoms with E-state index in [1.54, 1.807) is 0 Å². The van der Waals surface area contributed by atoms with E-state index in [1.807, 2.05) is 0 Å². The van der Waals surface area contributed by atoms with Crippen LogP contribution in [0, 0.1) is 0 Å². The second-order valence-electron chi connectivity index (χ2n) is 2.40. The number of rotatable bonds is 3. The van der Waals surface area contributed by atoms with Crippen molar-refractivity contribution in [2.75, 3.05) is 0 Å². The van der Waals surface area contributed by atoms with E-state index in [0.29, 0.717) is 0 Å². The van der Waals surface area contributed by atoms with Crippen LogP contribution in [0.3, 0.4) is 0 Å². The molecular formula is C9H13V-. The van der Waals surface area contributed by atoms with Crippen LogP contribution in [0.15, 0.2) is 24.3 Å². The summed E-state index contributed by atoms with van der Waals surface area (Å²) in [6.45, 7) is 2.23. The Balaban J connectivity index is 0.000000810. The van der Waals surface area contributed by atoms with Gasteiger partial charge < -0.3 is 0 Å². The van der Waals surface area contributed by atoms with Gasteiger partial charge in [0.2, 0.25) is 0 Å². The summed E-state index contributed by atoms with van der Waals surface area (Å²) in [5.41, 5.74) is 1.48. The molecule has 0 nitrogen and oxygen atoms in total. The van der Waals surface area contributed by atoms with E-state index >= 15 is 0 Å². The summed E-state index contributed by atoms with van der Waals surface area (Å²) in [5.74, 6) is 0. The molecule has 1 aromatic rings. The topological polar surface area (TPSA) is 0 Å². The summed E-state index contributed by atoms with van der Waals surface area (Å²) in [5, 5.41) is 0. The Hall–Kier alpha value is -0.0656. The fourth-order valence-electron chi connectivity index (χ4n) is 0.961. The van der Waals surface area contributed by atoms with Crippen molar-refractivity contribution >= 4 is 0 Å². The molecule has 1 aromatic carbocycles. The Kier molecular flexibility index (Phi) is 5.66. The molecule has 0 heterocycles. The molecule has 55 valence electrons. The third-order valence-corrected chi connectivity index (χ3v) is 1.55. The van der Waals surface area contributed by atoms with Crippen molar-refractivity contribution in [3.05, 3.63) is 29.8 Å². The molecule has 0 bridgehead atoms. The predicted octanol–water partition coefficient (Wildman–Crippen LogP) is 2.75. The Morgan fingerprint density at radius 1 is 1.20 bits per heavy atom. The van der Waals surface area contributed by atoms with Crippen LogP contribution in [-0.4, -0.2) is 0 Å². The fraction of sp³-hybridized carbons (Fsp3) is 0.444. The minimum atomic E-state index is 0. The van der Waals surface area contributed by atoms with E-state index in [9.17, 15) is 0 Å². The van der Waals surface area contributed by atoms with Gasteiger partial charge in [-0.05, 0) is 0 Å². The van der Waals surface area contributed by atoms with Gasteiger partial charge in [-0.3, -0.25) is 0 Å². The molecule has 0 fully saturated rings. The fourth-order valence-corrected chi connectivity index (χ4v) is 0.961. The molecule has 0 spiro atoms. The molecule has 0 aliphatic carbocycles. The van der Waals surface area contributed by atoms with Crippen LogP contribution in [0.5, 0.6) is 0 Å². The summed E-state index contributed by atoms with van der Waals surface area (Å²) in [7, 11) is 0. The molecule has 0 N–H and O–H groups in total. The summed E-state index contributed by atoms with van der Waals surface area (Å²) < 4.78 is 0. The standard InChI is InChI=1S/C9H13.V/c1-2-3-6-9-7-4-5-8-9;/h4-5,7-8H,2-3,6H2,1H3;/q-1;. The molecule has 0 aliphatic heterocycles. The van der Waals surface area contributed by atoms with Crippen LogP contribution in [0.25, 0.3) is 0 Å². The molecule has 0 saturated heterocycles. The maximum atomic E-state index is 2.23. The molecule has 0 amide bonds. The molecule has 1 heteroatoms. The zero-order valence-corrected chi connectivity index (χ0v) is 7.77. The van der Waals surface area contributed by atoms with Gasteiger partial charge >= 0.3 is 0 Å². The SMILES string of the molecule is CCCC[c-]1cccc1.[V]. The van der Waals surface area contributed by atoms with Gasteiger partial charge in [-0.25, -0.2) is 12.1 Å². The molecule has 0 unspecified atom stereocenters. The number of hydrogen-bond donors (Lipinski definition) is 0. The largest absolute Gasteiger partial charge is 0.213 e. The number of unbranched alkanes of at least 4 members (excludes halogenated alkanes) is 1. The van der Waals surface area contributed by atoms with Crippen LogP contribution < -0.4 is 0 Å². The predicted molar refractivity (Wildman–Crippen MR) is 40.6 cm³/mol. The minimum Gasteiger partial charge on any atom is -0.213 e. The van der Waals surface area contributed by atoms with Gasteiger partial charge in [0.25, 0.3) is 0 Å². The maximum absolute atomic E-state index is 2.23. The second-order valence-corrected chi connectivity index (χ2v) is 2.40. The van der Waals surface area contributed by atoms with Gasteiger partial charge in [-0.1, -0.05) is 26.2 Å². The average Bonchev–Trinajstić information content (AvgIpc) is 2.34. The molecule has 0 atom stereocenters. The third kappa shape index (κ3) is 3.19. The molecule has 1 radical (unpaired) electrons. The first-order chi connectivity index (χ1) is 4.43. The first-order valence-electron chi connectivity index (χ1n) is 3.64. The maximum Gasteiger partial charge on any atom is 0 e. The van der Waals surface area contributed by atoms with E-state index < -0.39 is 0 Å². The van der Waals surface area contributed by atoms with Crippen LogP contribution in [0.4, 0.5) is 0 Å². The van der Waals surface area contributed by atoms with Gasteiger partial charge in [-0.2, -0.15) is 17.7 Å². The van der Waals surface area contributed by atoms with Crippen molar-refractivity contribution in [2.24, 2.45) is 0 Å². The second kappa shape index (κ2) is 5.70. The van der Waals surface area contributed by atoms with Crippen molar-refractivity contribution < 1.29 is 18.6 Å². The summed E-state index contributed by atoms with van der Waals surface area (Å²) >= 11 is 0. The smallest absolute Gasteiger partial charge is 0 e. The quantitative estimate of drug-likeness (QED) is 0.615. The summed E-state index contributed by atoms with van der Waals surface area (Å²) in [4.78, 5) is 0. The van der Waals surface area contributed by atoms with Crippen molar-refractivity contribution in [1.82, 2.24) is 0 Å². The average molecular weight is 172 g/mol. The molecule has 0 aromatic heterocycles. The van der Waals surface area contributed by atoms with Crippen LogP contribution in [0.2, 0.25) is 0 Å². The van der Waals surface area contributed by atoms with Gasteiger partial charge in [0.1, 0.15) is 0 Å². The van der Waals surface area contributed by atoms with Crippen LogP contribution in [0.1, 0.15) is 25.3 Å². The number of aryl methyl sites for hydroxylation is 1. The molecule has 10 heavy (non-hydrogen) atoms. The molecule has 1 rings (SSSR count). The van der Waals surface area contributed by atoms with Gasteiger partial charge in [0.15, 0.2) is 0 Å². The van der Waals surface area contributed by atoms with E-state index in [4.69, 9.17) is 0 Å². The minimum absolute atomic E-state index is 0. The van der Waals surface area contributed by atoms with Crippen LogP contribution in [-0.2, 0) is 25.0 Å². The Labute approximate surface area is 74.9 Å². The Morgan fingerprint density at radius 3 is 2.30 bits per heavy atom. The van der Waals surface area contributed by atoms with E-state index in [2.05, 4.69) is 31.2 Å². The summed E-state index contributed by atoms with van der Waals surface area (Å²) in [6, 6.07) is 8.58. The van der Waals surface area contributed by atoms with E-state index in [1.165, 1.54) is 24.8 Å². The van der Waals surface area contributed by atoms with E-state index in [-0.39, 0.29) is 18.6 Å². The number of hydrogen-bond acceptors (Lipinski definition) is 0. The zero-order chi connectivity index (χ0) is 6.53. The Morgan fingerprint density at radius 2 is 1.80 bits per heavy atom. The van der Waals surface area contributed by atoms with Crippen molar-refractivity contribution in [1.29, 1.82) is 0 Å². The first kappa shape index (κ1) is 9.93. The van der Waals surface area contributed by atoms with Crippen molar-refractivity contribution in [3.8, 4) is 0 Å². The third-order valence-electron chi connectivity index (χ3n) is 1.55. The van der Waals surface area contributed by atoms with Crippen molar-refractivity contribution in [3.63, 3.8) is 0 Å². The molecule has 0 aliphatic rings. The monoisotopic (exact) mass is 172 g/mol. The van der Waals surface area contributed by atoms with Gasteiger partial charge in [0.05, 0.1) is 0 Å². The first-order valence-corrected chi connectivity index (χ1v) is 3.64. The van der Waals surface area contributed by atoms with E-state index in [0.717, 1.165) is 0 Å². The molecule has 0 saturated carbocycles. The Bertz CT molecular complexity index is 142. The van der Waals surface area contributed by atoms with Gasteiger partial charge in [-0.15, -0.1) is 0 Å². The molecular weight excluding hydrogens is 159 g/mol. The zero-order valence-electron chi connectivity index (χ0n) is 6.38. The van der Waals surface area contributed by atoms with Crippen molar-refractivity contribution in [2.45, 2.75) is 26.2 Å². The summed E-state index contributed by atoms with van der Waals surface area (Å²) in [6.07, 6.45) is 3.87. The normalized spacial score (nSPS) is 8.90. The van der Waals surface area contributed by atoms with Gasteiger partial charge in [0, 0.05) is 18.6 Å². The van der Waals surface area contributed by atoms with Crippen LogP contribution >= 0.6 is 0 Å².